The summed E-state index contributed by atoms with van der Waals surface area (Å²) >= 11 is 0. The summed E-state index contributed by atoms with van der Waals surface area (Å²) in [6.07, 6.45) is 1.54. The summed E-state index contributed by atoms with van der Waals surface area (Å²) in [6.45, 7) is 0.169. The van der Waals surface area contributed by atoms with Crippen molar-refractivity contribution in [2.45, 2.75) is 6.54 Å². The SMILES string of the molecule is Fc1ccc(F)c(CNc2cccnn2)c1. The molecule has 1 aromatic carbocycles. The maximum atomic E-state index is 13.2. The number of hydrogen-bond acceptors (Lipinski definition) is 3. The zero-order valence-corrected chi connectivity index (χ0v) is 8.32. The minimum Gasteiger partial charge on any atom is -0.364 e. The van der Waals surface area contributed by atoms with Crippen molar-refractivity contribution >= 4 is 5.82 Å². The Bertz CT molecular complexity index is 474. The molecular weight excluding hydrogens is 212 g/mol. The molecule has 0 unspecified atom stereocenters. The molecule has 3 nitrogen and oxygen atoms in total. The fraction of sp³-hybridized carbons (Fsp3) is 0.0909. The summed E-state index contributed by atoms with van der Waals surface area (Å²) in [6, 6.07) is 6.74. The highest BCUT2D eigenvalue weighted by Crippen LogP contribution is 2.11. The first-order valence-electron chi connectivity index (χ1n) is 4.71. The van der Waals surface area contributed by atoms with Gasteiger partial charge in [0.25, 0.3) is 0 Å². The first-order valence-corrected chi connectivity index (χ1v) is 4.71. The van der Waals surface area contributed by atoms with E-state index < -0.39 is 11.6 Å². The quantitative estimate of drug-likeness (QED) is 0.864. The Morgan fingerprint density at radius 2 is 2.06 bits per heavy atom. The fourth-order valence-electron chi connectivity index (χ4n) is 1.26. The van der Waals surface area contributed by atoms with Crippen LogP contribution in [-0.2, 0) is 6.54 Å². The van der Waals surface area contributed by atoms with E-state index in [-0.39, 0.29) is 12.1 Å². The van der Waals surface area contributed by atoms with Gasteiger partial charge < -0.3 is 5.32 Å². The lowest BCUT2D eigenvalue weighted by Crippen LogP contribution is -2.04. The third kappa shape index (κ3) is 2.50. The molecule has 0 radical (unpaired) electrons. The third-order valence-electron chi connectivity index (χ3n) is 2.04. The van der Waals surface area contributed by atoms with E-state index in [9.17, 15) is 8.78 Å². The van der Waals surface area contributed by atoms with Gasteiger partial charge >= 0.3 is 0 Å². The normalized spacial score (nSPS) is 10.1. The van der Waals surface area contributed by atoms with Crippen LogP contribution in [0.15, 0.2) is 36.5 Å². The predicted octanol–water partition coefficient (Wildman–Crippen LogP) is 2.37. The van der Waals surface area contributed by atoms with Gasteiger partial charge in [0.2, 0.25) is 0 Å². The Morgan fingerprint density at radius 1 is 1.19 bits per heavy atom. The molecule has 0 fully saturated rings. The zero-order chi connectivity index (χ0) is 11.4. The van der Waals surface area contributed by atoms with E-state index in [4.69, 9.17) is 0 Å². The highest BCUT2D eigenvalue weighted by molar-refractivity contribution is 5.33. The average Bonchev–Trinajstić information content (AvgIpc) is 2.32. The zero-order valence-electron chi connectivity index (χ0n) is 8.32. The maximum absolute atomic E-state index is 13.2. The molecule has 0 aliphatic heterocycles. The van der Waals surface area contributed by atoms with Gasteiger partial charge in [-0.25, -0.2) is 8.78 Å². The molecule has 0 atom stereocenters. The van der Waals surface area contributed by atoms with Crippen LogP contribution in [0.1, 0.15) is 5.56 Å². The lowest BCUT2D eigenvalue weighted by Gasteiger charge is -2.05. The van der Waals surface area contributed by atoms with Crippen LogP contribution in [0.5, 0.6) is 0 Å². The van der Waals surface area contributed by atoms with Crippen LogP contribution in [0, 0.1) is 11.6 Å². The van der Waals surface area contributed by atoms with Gasteiger partial charge in [0, 0.05) is 18.3 Å². The Kier molecular flexibility index (Phi) is 3.05. The van der Waals surface area contributed by atoms with Gasteiger partial charge in [-0.1, -0.05) is 0 Å². The second kappa shape index (κ2) is 4.65. The molecule has 2 rings (SSSR count). The molecule has 5 heteroatoms. The molecule has 1 N–H and O–H groups in total. The number of hydrogen-bond donors (Lipinski definition) is 1. The fourth-order valence-corrected chi connectivity index (χ4v) is 1.26. The highest BCUT2D eigenvalue weighted by atomic mass is 19.1. The Morgan fingerprint density at radius 3 is 2.81 bits per heavy atom. The lowest BCUT2D eigenvalue weighted by molar-refractivity contribution is 0.587. The molecule has 16 heavy (non-hydrogen) atoms. The average molecular weight is 221 g/mol. The smallest absolute Gasteiger partial charge is 0.148 e. The van der Waals surface area contributed by atoms with Crippen LogP contribution >= 0.6 is 0 Å². The molecule has 0 saturated heterocycles. The van der Waals surface area contributed by atoms with E-state index in [2.05, 4.69) is 15.5 Å². The number of anilines is 1. The van der Waals surface area contributed by atoms with Crippen LogP contribution in [0.3, 0.4) is 0 Å². The van der Waals surface area contributed by atoms with Gasteiger partial charge in [-0.15, -0.1) is 5.10 Å². The van der Waals surface area contributed by atoms with E-state index in [0.717, 1.165) is 18.2 Å². The summed E-state index contributed by atoms with van der Waals surface area (Å²) < 4.78 is 26.1. The summed E-state index contributed by atoms with van der Waals surface area (Å²) in [5.41, 5.74) is 0.255. The third-order valence-corrected chi connectivity index (χ3v) is 2.04. The van der Waals surface area contributed by atoms with Crippen molar-refractivity contribution < 1.29 is 8.78 Å². The molecule has 82 valence electrons. The second-order valence-electron chi connectivity index (χ2n) is 3.20. The van der Waals surface area contributed by atoms with Crippen LogP contribution in [0.2, 0.25) is 0 Å². The van der Waals surface area contributed by atoms with Gasteiger partial charge in [0.05, 0.1) is 0 Å². The van der Waals surface area contributed by atoms with Crippen molar-refractivity contribution in [1.82, 2.24) is 10.2 Å². The lowest BCUT2D eigenvalue weighted by atomic mass is 10.2. The first kappa shape index (κ1) is 10.5. The van der Waals surface area contributed by atoms with E-state index in [1.54, 1.807) is 12.1 Å². The second-order valence-corrected chi connectivity index (χ2v) is 3.20. The van der Waals surface area contributed by atoms with Gasteiger partial charge in [-0.3, -0.25) is 0 Å². The van der Waals surface area contributed by atoms with Crippen molar-refractivity contribution in [2.24, 2.45) is 0 Å². The molecular formula is C11H9F2N3. The monoisotopic (exact) mass is 221 g/mol. The number of halogens is 2. The van der Waals surface area contributed by atoms with Crippen LogP contribution in [0.25, 0.3) is 0 Å². The molecule has 0 amide bonds. The number of nitrogens with one attached hydrogen (secondary N) is 1. The van der Waals surface area contributed by atoms with Crippen LogP contribution in [0.4, 0.5) is 14.6 Å². The van der Waals surface area contributed by atoms with E-state index in [1.165, 1.54) is 6.20 Å². The minimum absolute atomic E-state index is 0.169. The van der Waals surface area contributed by atoms with Gasteiger partial charge in [0.15, 0.2) is 0 Å². The molecule has 0 bridgehead atoms. The number of benzene rings is 1. The topological polar surface area (TPSA) is 37.8 Å². The molecule has 0 aliphatic carbocycles. The molecule has 0 saturated carbocycles. The summed E-state index contributed by atoms with van der Waals surface area (Å²) in [5.74, 6) is -0.388. The Hall–Kier alpha value is -2.04. The van der Waals surface area contributed by atoms with E-state index >= 15 is 0 Å². The number of nitrogens with zero attached hydrogens (tertiary/aromatic N) is 2. The van der Waals surface area contributed by atoms with Gasteiger partial charge in [0.1, 0.15) is 17.5 Å². The van der Waals surface area contributed by atoms with Crippen molar-refractivity contribution in [2.75, 3.05) is 5.32 Å². The van der Waals surface area contributed by atoms with E-state index in [1.807, 2.05) is 0 Å². The van der Waals surface area contributed by atoms with Crippen LogP contribution in [-0.4, -0.2) is 10.2 Å². The minimum atomic E-state index is -0.461. The standard InChI is InChI=1S/C11H9F2N3/c12-9-3-4-10(13)8(6-9)7-14-11-2-1-5-15-16-11/h1-6H,7H2,(H,14,16). The van der Waals surface area contributed by atoms with Crippen molar-refractivity contribution in [1.29, 1.82) is 0 Å². The molecule has 0 aliphatic rings. The number of rotatable bonds is 3. The van der Waals surface area contributed by atoms with Crippen molar-refractivity contribution in [3.63, 3.8) is 0 Å². The highest BCUT2D eigenvalue weighted by Gasteiger charge is 2.03. The Labute approximate surface area is 91.1 Å². The van der Waals surface area contributed by atoms with Gasteiger partial charge in [-0.2, -0.15) is 5.10 Å². The van der Waals surface area contributed by atoms with Crippen LogP contribution < -0.4 is 5.32 Å². The summed E-state index contributed by atoms with van der Waals surface area (Å²) in [4.78, 5) is 0. The largest absolute Gasteiger partial charge is 0.364 e. The molecule has 1 heterocycles. The predicted molar refractivity (Wildman–Crippen MR) is 55.7 cm³/mol. The first-order chi connectivity index (χ1) is 7.75. The summed E-state index contributed by atoms with van der Waals surface area (Å²) in [7, 11) is 0. The van der Waals surface area contributed by atoms with Crippen molar-refractivity contribution in [3.8, 4) is 0 Å². The molecule has 2 aromatic rings. The maximum Gasteiger partial charge on any atom is 0.148 e. The van der Waals surface area contributed by atoms with Gasteiger partial charge in [-0.05, 0) is 30.3 Å². The van der Waals surface area contributed by atoms with E-state index in [0.29, 0.717) is 5.82 Å². The molecule has 1 aromatic heterocycles. The van der Waals surface area contributed by atoms with Crippen molar-refractivity contribution in [3.05, 3.63) is 53.7 Å². The molecule has 0 spiro atoms. The summed E-state index contributed by atoms with van der Waals surface area (Å²) in [5, 5.41) is 10.3. The Balaban J connectivity index is 2.08. The number of aromatic nitrogens is 2.